The van der Waals surface area contributed by atoms with E-state index in [2.05, 4.69) is 22.6 Å². The molecule has 0 bridgehead atoms. The van der Waals surface area contributed by atoms with E-state index >= 15 is 0 Å². The number of nitrogens with zero attached hydrogens (tertiary/aromatic N) is 3. The van der Waals surface area contributed by atoms with Gasteiger partial charge in [0.15, 0.2) is 0 Å². The van der Waals surface area contributed by atoms with Crippen LogP contribution >= 0.6 is 0 Å². The Bertz CT molecular complexity index is 580. The maximum absolute atomic E-state index is 12.0. The number of amides is 1. The molecule has 1 aromatic carbocycles. The van der Waals surface area contributed by atoms with Crippen molar-refractivity contribution in [2.45, 2.75) is 32.6 Å². The Balaban J connectivity index is 1.99. The molecule has 108 valence electrons. The van der Waals surface area contributed by atoms with Crippen molar-refractivity contribution < 1.29 is 9.53 Å². The van der Waals surface area contributed by atoms with E-state index in [1.807, 2.05) is 0 Å². The molecule has 1 heterocycles. The summed E-state index contributed by atoms with van der Waals surface area (Å²) >= 11 is 0. The standard InChI is InChI=1S/C14H20N4O2/c1-3-4-5-6-9-15-14(19)18-13-8-7-11(20-2)10-12(13)16-17-18/h7-8,10H,3-6,9H2,1-2H3,(H,15,19). The van der Waals surface area contributed by atoms with Gasteiger partial charge in [0.25, 0.3) is 0 Å². The minimum Gasteiger partial charge on any atom is -0.497 e. The number of carbonyl (C=O) groups excluding carboxylic acids is 1. The second-order valence-electron chi connectivity index (χ2n) is 4.65. The largest absolute Gasteiger partial charge is 0.497 e. The van der Waals surface area contributed by atoms with Crippen molar-refractivity contribution >= 4 is 17.1 Å². The summed E-state index contributed by atoms with van der Waals surface area (Å²) in [5.41, 5.74) is 1.32. The molecule has 0 saturated carbocycles. The van der Waals surface area contributed by atoms with Gasteiger partial charge in [0.1, 0.15) is 11.3 Å². The molecular formula is C14H20N4O2. The van der Waals surface area contributed by atoms with Gasteiger partial charge in [-0.3, -0.25) is 0 Å². The lowest BCUT2D eigenvalue weighted by atomic mass is 10.2. The average Bonchev–Trinajstić information content (AvgIpc) is 2.89. The number of unbranched alkanes of at least 4 members (excludes halogenated alkanes) is 3. The van der Waals surface area contributed by atoms with Crippen LogP contribution in [0.4, 0.5) is 4.79 Å². The van der Waals surface area contributed by atoms with E-state index in [1.54, 1.807) is 25.3 Å². The van der Waals surface area contributed by atoms with E-state index in [4.69, 9.17) is 4.74 Å². The van der Waals surface area contributed by atoms with Gasteiger partial charge in [0, 0.05) is 12.6 Å². The summed E-state index contributed by atoms with van der Waals surface area (Å²) in [6.45, 7) is 2.82. The van der Waals surface area contributed by atoms with Gasteiger partial charge in [-0.2, -0.15) is 4.68 Å². The summed E-state index contributed by atoms with van der Waals surface area (Å²) in [6.07, 6.45) is 4.50. The summed E-state index contributed by atoms with van der Waals surface area (Å²) in [5, 5.41) is 10.7. The fraction of sp³-hybridized carbons (Fsp3) is 0.500. The van der Waals surface area contributed by atoms with E-state index in [0.29, 0.717) is 23.3 Å². The summed E-state index contributed by atoms with van der Waals surface area (Å²) in [7, 11) is 1.59. The van der Waals surface area contributed by atoms with Crippen molar-refractivity contribution in [2.24, 2.45) is 0 Å². The molecule has 2 rings (SSSR count). The van der Waals surface area contributed by atoms with Crippen molar-refractivity contribution in [3.05, 3.63) is 18.2 Å². The average molecular weight is 276 g/mol. The van der Waals surface area contributed by atoms with E-state index < -0.39 is 0 Å². The van der Waals surface area contributed by atoms with E-state index in [0.717, 1.165) is 12.8 Å². The Hall–Kier alpha value is -2.11. The molecule has 0 spiro atoms. The molecule has 0 atom stereocenters. The highest BCUT2D eigenvalue weighted by Crippen LogP contribution is 2.18. The number of nitrogens with one attached hydrogen (secondary N) is 1. The van der Waals surface area contributed by atoms with Crippen LogP contribution in [0.25, 0.3) is 11.0 Å². The van der Waals surface area contributed by atoms with Crippen LogP contribution in [0.5, 0.6) is 5.75 Å². The van der Waals surface area contributed by atoms with Crippen LogP contribution in [0.3, 0.4) is 0 Å². The van der Waals surface area contributed by atoms with E-state index in [-0.39, 0.29) is 6.03 Å². The second-order valence-corrected chi connectivity index (χ2v) is 4.65. The Kier molecular flexibility index (Phi) is 4.92. The second kappa shape index (κ2) is 6.88. The normalized spacial score (nSPS) is 10.7. The first-order valence-corrected chi connectivity index (χ1v) is 6.94. The molecule has 0 aliphatic heterocycles. The zero-order valence-electron chi connectivity index (χ0n) is 11.9. The molecule has 0 saturated heterocycles. The molecule has 6 nitrogen and oxygen atoms in total. The highest BCUT2D eigenvalue weighted by Gasteiger charge is 2.11. The Morgan fingerprint density at radius 3 is 2.95 bits per heavy atom. The molecule has 0 radical (unpaired) electrons. The monoisotopic (exact) mass is 276 g/mol. The SMILES string of the molecule is CCCCCCNC(=O)n1nnc2cc(OC)ccc21. The van der Waals surface area contributed by atoms with Crippen LogP contribution in [0.15, 0.2) is 18.2 Å². The van der Waals surface area contributed by atoms with Gasteiger partial charge < -0.3 is 10.1 Å². The zero-order valence-corrected chi connectivity index (χ0v) is 11.9. The topological polar surface area (TPSA) is 69.0 Å². The summed E-state index contributed by atoms with van der Waals surface area (Å²) < 4.78 is 6.40. The maximum Gasteiger partial charge on any atom is 0.344 e. The number of ether oxygens (including phenoxy) is 1. The summed E-state index contributed by atoms with van der Waals surface area (Å²) in [5.74, 6) is 0.699. The van der Waals surface area contributed by atoms with Crippen LogP contribution in [-0.2, 0) is 0 Å². The highest BCUT2D eigenvalue weighted by molar-refractivity contribution is 5.88. The third-order valence-corrected chi connectivity index (χ3v) is 3.15. The van der Waals surface area contributed by atoms with E-state index in [1.165, 1.54) is 17.5 Å². The number of rotatable bonds is 6. The van der Waals surface area contributed by atoms with Gasteiger partial charge in [-0.15, -0.1) is 5.10 Å². The Morgan fingerprint density at radius 2 is 2.20 bits per heavy atom. The predicted octanol–water partition coefficient (Wildman–Crippen LogP) is 2.58. The van der Waals surface area contributed by atoms with Gasteiger partial charge in [-0.1, -0.05) is 31.4 Å². The van der Waals surface area contributed by atoms with Crippen LogP contribution in [0, 0.1) is 0 Å². The highest BCUT2D eigenvalue weighted by atomic mass is 16.5. The first-order chi connectivity index (χ1) is 9.76. The predicted molar refractivity (Wildman–Crippen MR) is 77.0 cm³/mol. The first kappa shape index (κ1) is 14.3. The number of carbonyl (C=O) groups is 1. The van der Waals surface area contributed by atoms with Gasteiger partial charge in [-0.05, 0) is 18.6 Å². The number of fused-ring (bicyclic) bond motifs is 1. The van der Waals surface area contributed by atoms with Crippen molar-refractivity contribution in [3.8, 4) is 5.75 Å². The van der Waals surface area contributed by atoms with Crippen molar-refractivity contribution in [2.75, 3.05) is 13.7 Å². The number of hydrogen-bond acceptors (Lipinski definition) is 4. The molecule has 1 amide bonds. The first-order valence-electron chi connectivity index (χ1n) is 6.94. The molecule has 0 unspecified atom stereocenters. The van der Waals surface area contributed by atoms with Crippen LogP contribution < -0.4 is 10.1 Å². The minimum atomic E-state index is -0.242. The van der Waals surface area contributed by atoms with Crippen LogP contribution in [0.2, 0.25) is 0 Å². The zero-order chi connectivity index (χ0) is 14.4. The molecule has 1 N–H and O–H groups in total. The van der Waals surface area contributed by atoms with Gasteiger partial charge in [-0.25, -0.2) is 4.79 Å². The van der Waals surface area contributed by atoms with Crippen molar-refractivity contribution in [1.82, 2.24) is 20.3 Å². The minimum absolute atomic E-state index is 0.242. The van der Waals surface area contributed by atoms with Crippen LogP contribution in [0.1, 0.15) is 32.6 Å². The van der Waals surface area contributed by atoms with Gasteiger partial charge in [0.2, 0.25) is 0 Å². The van der Waals surface area contributed by atoms with Crippen molar-refractivity contribution in [1.29, 1.82) is 0 Å². The summed E-state index contributed by atoms with van der Waals surface area (Å²) in [4.78, 5) is 12.0. The Morgan fingerprint density at radius 1 is 1.35 bits per heavy atom. The number of aromatic nitrogens is 3. The molecule has 1 aromatic heterocycles. The quantitative estimate of drug-likeness (QED) is 0.823. The van der Waals surface area contributed by atoms with Gasteiger partial charge in [0.05, 0.1) is 12.6 Å². The smallest absolute Gasteiger partial charge is 0.344 e. The molecule has 6 heteroatoms. The lowest BCUT2D eigenvalue weighted by Crippen LogP contribution is -2.30. The molecule has 20 heavy (non-hydrogen) atoms. The molecular weight excluding hydrogens is 256 g/mol. The van der Waals surface area contributed by atoms with E-state index in [9.17, 15) is 4.79 Å². The Labute approximate surface area is 118 Å². The lowest BCUT2D eigenvalue weighted by Gasteiger charge is -2.05. The number of methoxy groups -OCH3 is 1. The lowest BCUT2D eigenvalue weighted by molar-refractivity contribution is 0.239. The molecule has 0 aliphatic carbocycles. The molecule has 0 fully saturated rings. The summed E-state index contributed by atoms with van der Waals surface area (Å²) in [6, 6.07) is 5.09. The fourth-order valence-electron chi connectivity index (χ4n) is 2.00. The third-order valence-electron chi connectivity index (χ3n) is 3.15. The number of hydrogen-bond donors (Lipinski definition) is 1. The molecule has 2 aromatic rings. The third kappa shape index (κ3) is 3.26. The number of benzene rings is 1. The maximum atomic E-state index is 12.0. The fourth-order valence-corrected chi connectivity index (χ4v) is 2.00. The van der Waals surface area contributed by atoms with Gasteiger partial charge >= 0.3 is 6.03 Å². The van der Waals surface area contributed by atoms with Crippen LogP contribution in [-0.4, -0.2) is 34.7 Å². The molecule has 0 aliphatic rings. The van der Waals surface area contributed by atoms with Crippen molar-refractivity contribution in [3.63, 3.8) is 0 Å².